The lowest BCUT2D eigenvalue weighted by Gasteiger charge is -2.33. The minimum atomic E-state index is -0.330. The van der Waals surface area contributed by atoms with Crippen molar-refractivity contribution < 1.29 is 13.6 Å². The van der Waals surface area contributed by atoms with Crippen molar-refractivity contribution in [1.82, 2.24) is 20.6 Å². The Labute approximate surface area is 192 Å². The number of hydrogen-bond acceptors (Lipinski definition) is 4. The molecular formula is C25H27F2N5O. The summed E-state index contributed by atoms with van der Waals surface area (Å²) in [6.45, 7) is 4.13. The van der Waals surface area contributed by atoms with Crippen LogP contribution in [0, 0.1) is 11.6 Å². The summed E-state index contributed by atoms with van der Waals surface area (Å²) in [5, 5.41) is 5.87. The summed E-state index contributed by atoms with van der Waals surface area (Å²) in [6.07, 6.45) is 4.21. The van der Waals surface area contributed by atoms with Crippen molar-refractivity contribution in [2.45, 2.75) is 32.2 Å². The Kier molecular flexibility index (Phi) is 7.12. The third-order valence-electron chi connectivity index (χ3n) is 5.68. The number of nitrogens with one attached hydrogen (secondary N) is 2. The van der Waals surface area contributed by atoms with Crippen molar-refractivity contribution in [1.29, 1.82) is 0 Å². The van der Waals surface area contributed by atoms with Crippen molar-refractivity contribution >= 4 is 11.8 Å². The van der Waals surface area contributed by atoms with E-state index in [2.05, 4.69) is 20.5 Å². The first-order valence-corrected chi connectivity index (χ1v) is 11.2. The van der Waals surface area contributed by atoms with Gasteiger partial charge < -0.3 is 15.5 Å². The van der Waals surface area contributed by atoms with Gasteiger partial charge in [-0.15, -0.1) is 0 Å². The number of rotatable bonds is 6. The van der Waals surface area contributed by atoms with Gasteiger partial charge in [0.2, 0.25) is 0 Å². The summed E-state index contributed by atoms with van der Waals surface area (Å²) in [7, 11) is 0. The van der Waals surface area contributed by atoms with Gasteiger partial charge in [0, 0.05) is 36.8 Å². The summed E-state index contributed by atoms with van der Waals surface area (Å²) >= 11 is 0. The first-order valence-electron chi connectivity index (χ1n) is 11.2. The maximum atomic E-state index is 13.5. The number of piperidine rings is 1. The Morgan fingerprint density at radius 2 is 1.55 bits per heavy atom. The third kappa shape index (κ3) is 5.63. The highest BCUT2D eigenvalue weighted by Crippen LogP contribution is 2.31. The Balaban J connectivity index is 1.55. The van der Waals surface area contributed by atoms with Gasteiger partial charge in [-0.1, -0.05) is 6.92 Å². The predicted octanol–water partition coefficient (Wildman–Crippen LogP) is 4.77. The van der Waals surface area contributed by atoms with Crippen LogP contribution in [-0.4, -0.2) is 41.7 Å². The molecular weight excluding hydrogens is 424 g/mol. The standard InChI is InChI=1S/C25H27F2N5O/c1-2-13-28-25(33)30-21-11-14-32(15-12-21)22-16-29-23(17-3-7-19(26)8-4-17)24(31-22)18-5-9-20(27)10-6-18/h3-10,16,21H,2,11-15H2,1H3,(H2,28,30,33). The zero-order valence-corrected chi connectivity index (χ0v) is 18.5. The van der Waals surface area contributed by atoms with E-state index in [1.165, 1.54) is 24.3 Å². The Hall–Kier alpha value is -3.55. The van der Waals surface area contributed by atoms with Gasteiger partial charge in [0.05, 0.1) is 17.6 Å². The first kappa shape index (κ1) is 22.6. The molecule has 1 aliphatic heterocycles. The number of aromatic nitrogens is 2. The number of nitrogens with zero attached hydrogens (tertiary/aromatic N) is 3. The molecule has 1 aromatic heterocycles. The molecule has 3 aromatic rings. The highest BCUT2D eigenvalue weighted by Gasteiger charge is 2.23. The molecule has 0 atom stereocenters. The van der Waals surface area contributed by atoms with Gasteiger partial charge in [-0.3, -0.25) is 4.98 Å². The lowest BCUT2D eigenvalue weighted by Crippen LogP contribution is -2.48. The van der Waals surface area contributed by atoms with Crippen LogP contribution in [0.1, 0.15) is 26.2 Å². The number of benzene rings is 2. The number of hydrogen-bond donors (Lipinski definition) is 2. The maximum Gasteiger partial charge on any atom is 0.315 e. The zero-order chi connectivity index (χ0) is 23.2. The van der Waals surface area contributed by atoms with E-state index < -0.39 is 0 Å². The van der Waals surface area contributed by atoms with Crippen LogP contribution in [0.2, 0.25) is 0 Å². The number of carbonyl (C=O) groups is 1. The SMILES string of the molecule is CCCNC(=O)NC1CCN(c2cnc(-c3ccc(F)cc3)c(-c3ccc(F)cc3)n2)CC1. The van der Waals surface area contributed by atoms with Crippen molar-refractivity contribution in [3.8, 4) is 22.5 Å². The van der Waals surface area contributed by atoms with Gasteiger partial charge in [0.1, 0.15) is 17.5 Å². The van der Waals surface area contributed by atoms with Gasteiger partial charge in [-0.25, -0.2) is 18.6 Å². The predicted molar refractivity (Wildman–Crippen MR) is 125 cm³/mol. The van der Waals surface area contributed by atoms with Crippen LogP contribution in [0.5, 0.6) is 0 Å². The van der Waals surface area contributed by atoms with Gasteiger partial charge in [-0.2, -0.15) is 0 Å². The quantitative estimate of drug-likeness (QED) is 0.567. The molecule has 172 valence electrons. The van der Waals surface area contributed by atoms with Crippen LogP contribution < -0.4 is 15.5 Å². The first-order chi connectivity index (χ1) is 16.0. The largest absolute Gasteiger partial charge is 0.355 e. The van der Waals surface area contributed by atoms with E-state index in [1.54, 1.807) is 30.5 Å². The third-order valence-corrected chi connectivity index (χ3v) is 5.68. The van der Waals surface area contributed by atoms with E-state index in [1.807, 2.05) is 6.92 Å². The van der Waals surface area contributed by atoms with Crippen molar-refractivity contribution in [3.05, 3.63) is 66.4 Å². The summed E-state index contributed by atoms with van der Waals surface area (Å²) in [5.74, 6) is 0.0596. The smallest absolute Gasteiger partial charge is 0.315 e. The molecule has 0 radical (unpaired) electrons. The van der Waals surface area contributed by atoms with E-state index in [-0.39, 0.29) is 23.7 Å². The summed E-state index contributed by atoms with van der Waals surface area (Å²) in [5.41, 5.74) is 2.68. The average Bonchev–Trinajstić information content (AvgIpc) is 2.84. The number of carbonyl (C=O) groups excluding carboxylic acids is 1. The van der Waals surface area contributed by atoms with E-state index in [4.69, 9.17) is 4.98 Å². The summed E-state index contributed by atoms with van der Waals surface area (Å²) in [4.78, 5) is 23.6. The van der Waals surface area contributed by atoms with Crippen LogP contribution in [0.3, 0.4) is 0 Å². The van der Waals surface area contributed by atoms with Gasteiger partial charge >= 0.3 is 6.03 Å². The zero-order valence-electron chi connectivity index (χ0n) is 18.5. The second-order valence-corrected chi connectivity index (χ2v) is 8.10. The molecule has 0 aliphatic carbocycles. The van der Waals surface area contributed by atoms with Gasteiger partial charge in [0.15, 0.2) is 0 Å². The fourth-order valence-corrected chi connectivity index (χ4v) is 3.89. The molecule has 4 rings (SSSR count). The molecule has 2 amide bonds. The molecule has 0 unspecified atom stereocenters. The Morgan fingerprint density at radius 1 is 0.970 bits per heavy atom. The van der Waals surface area contributed by atoms with E-state index in [0.717, 1.165) is 43.5 Å². The number of urea groups is 1. The topological polar surface area (TPSA) is 70.2 Å². The lowest BCUT2D eigenvalue weighted by molar-refractivity contribution is 0.234. The minimum absolute atomic E-state index is 0.112. The Morgan fingerprint density at radius 3 is 2.12 bits per heavy atom. The highest BCUT2D eigenvalue weighted by atomic mass is 19.1. The molecule has 2 aromatic carbocycles. The second-order valence-electron chi connectivity index (χ2n) is 8.10. The fraction of sp³-hybridized carbons (Fsp3) is 0.320. The molecule has 33 heavy (non-hydrogen) atoms. The molecule has 1 saturated heterocycles. The number of amides is 2. The average molecular weight is 452 g/mol. The molecule has 6 nitrogen and oxygen atoms in total. The highest BCUT2D eigenvalue weighted by molar-refractivity contribution is 5.79. The molecule has 2 heterocycles. The second kappa shape index (κ2) is 10.4. The fourth-order valence-electron chi connectivity index (χ4n) is 3.89. The summed E-state index contributed by atoms with van der Waals surface area (Å²) < 4.78 is 27.0. The van der Waals surface area contributed by atoms with Crippen molar-refractivity contribution in [2.75, 3.05) is 24.5 Å². The lowest BCUT2D eigenvalue weighted by atomic mass is 10.0. The van der Waals surface area contributed by atoms with Gasteiger partial charge in [0.25, 0.3) is 0 Å². The minimum Gasteiger partial charge on any atom is -0.355 e. The van der Waals surface area contributed by atoms with Crippen molar-refractivity contribution in [3.63, 3.8) is 0 Å². The Bertz CT molecular complexity index is 1080. The normalized spacial score (nSPS) is 14.2. The van der Waals surface area contributed by atoms with Crippen LogP contribution in [0.25, 0.3) is 22.5 Å². The number of anilines is 1. The van der Waals surface area contributed by atoms with Gasteiger partial charge in [-0.05, 0) is 67.8 Å². The maximum absolute atomic E-state index is 13.5. The molecule has 8 heteroatoms. The van der Waals surface area contributed by atoms with Crippen LogP contribution in [0.4, 0.5) is 19.4 Å². The molecule has 1 fully saturated rings. The van der Waals surface area contributed by atoms with Crippen LogP contribution in [0.15, 0.2) is 54.7 Å². The van der Waals surface area contributed by atoms with E-state index in [0.29, 0.717) is 23.8 Å². The van der Waals surface area contributed by atoms with Crippen LogP contribution >= 0.6 is 0 Å². The number of halogens is 2. The van der Waals surface area contributed by atoms with Crippen molar-refractivity contribution in [2.24, 2.45) is 0 Å². The van der Waals surface area contributed by atoms with E-state index in [9.17, 15) is 13.6 Å². The molecule has 1 aliphatic rings. The summed E-state index contributed by atoms with van der Waals surface area (Å²) in [6, 6.07) is 12.2. The van der Waals surface area contributed by atoms with Crippen LogP contribution in [-0.2, 0) is 0 Å². The molecule has 2 N–H and O–H groups in total. The molecule has 0 spiro atoms. The van der Waals surface area contributed by atoms with E-state index >= 15 is 0 Å². The molecule has 0 bridgehead atoms. The monoisotopic (exact) mass is 451 g/mol. The molecule has 0 saturated carbocycles.